The number of methoxy groups -OCH3 is 1. The van der Waals surface area contributed by atoms with Gasteiger partial charge in [0, 0.05) is 12.6 Å². The van der Waals surface area contributed by atoms with E-state index in [0.29, 0.717) is 18.9 Å². The van der Waals surface area contributed by atoms with Crippen LogP contribution in [0.2, 0.25) is 0 Å². The van der Waals surface area contributed by atoms with Crippen LogP contribution in [-0.2, 0) is 11.2 Å². The first-order chi connectivity index (χ1) is 9.72. The summed E-state index contributed by atoms with van der Waals surface area (Å²) in [6.45, 7) is 0.527. The summed E-state index contributed by atoms with van der Waals surface area (Å²) in [6, 6.07) is 7.72. The first-order valence-electron chi connectivity index (χ1n) is 7.35. The van der Waals surface area contributed by atoms with E-state index in [4.69, 9.17) is 10.5 Å². The van der Waals surface area contributed by atoms with Gasteiger partial charge in [0.25, 0.3) is 0 Å². The van der Waals surface area contributed by atoms with Crippen LogP contribution < -0.4 is 15.8 Å². The molecule has 0 heterocycles. The summed E-state index contributed by atoms with van der Waals surface area (Å²) in [5.41, 5.74) is 6.79. The Hall–Kier alpha value is -1.55. The molecule has 4 heteroatoms. The van der Waals surface area contributed by atoms with Gasteiger partial charge in [0.05, 0.1) is 13.5 Å². The maximum atomic E-state index is 12.1. The summed E-state index contributed by atoms with van der Waals surface area (Å²) >= 11 is 0. The van der Waals surface area contributed by atoms with Crippen LogP contribution in [0.5, 0.6) is 5.75 Å². The van der Waals surface area contributed by atoms with E-state index < -0.39 is 0 Å². The van der Waals surface area contributed by atoms with Crippen molar-refractivity contribution in [3.63, 3.8) is 0 Å². The van der Waals surface area contributed by atoms with Crippen LogP contribution >= 0.6 is 0 Å². The Morgan fingerprint density at radius 1 is 1.35 bits per heavy atom. The molecule has 110 valence electrons. The molecular weight excluding hydrogens is 252 g/mol. The molecule has 2 rings (SSSR count). The number of amides is 1. The number of nitrogens with two attached hydrogens (primary N) is 1. The molecule has 3 N–H and O–H groups in total. The van der Waals surface area contributed by atoms with Gasteiger partial charge in [0.1, 0.15) is 5.75 Å². The number of hydrogen-bond acceptors (Lipinski definition) is 3. The second-order valence-corrected chi connectivity index (χ2v) is 5.48. The normalized spacial score (nSPS) is 16.9. The number of nitrogens with one attached hydrogen (secondary N) is 1. The molecule has 0 aromatic heterocycles. The number of ether oxygens (including phenoxy) is 1. The second-order valence-electron chi connectivity index (χ2n) is 5.48. The molecule has 0 aliphatic heterocycles. The number of carbonyl (C=O) groups excluding carboxylic acids is 1. The molecule has 0 bridgehead atoms. The maximum absolute atomic E-state index is 12.1. The molecule has 1 saturated carbocycles. The van der Waals surface area contributed by atoms with Crippen molar-refractivity contribution in [1.82, 2.24) is 5.32 Å². The predicted molar refractivity (Wildman–Crippen MR) is 79.6 cm³/mol. The SMILES string of the molecule is COc1ccc(CC(=O)NC(CN)C2CCCC2)cc1. The summed E-state index contributed by atoms with van der Waals surface area (Å²) < 4.78 is 5.11. The van der Waals surface area contributed by atoms with E-state index in [-0.39, 0.29) is 11.9 Å². The minimum absolute atomic E-state index is 0.0533. The minimum atomic E-state index is 0.0533. The lowest BCUT2D eigenvalue weighted by molar-refractivity contribution is -0.121. The fraction of sp³-hybridized carbons (Fsp3) is 0.562. The zero-order valence-electron chi connectivity index (χ0n) is 12.1. The standard InChI is InChI=1S/C16H24N2O2/c1-20-14-8-6-12(7-9-14)10-16(19)18-15(11-17)13-4-2-3-5-13/h6-9,13,15H,2-5,10-11,17H2,1H3,(H,18,19). The molecule has 1 amide bonds. The van der Waals surface area contributed by atoms with E-state index >= 15 is 0 Å². The van der Waals surface area contributed by atoms with Gasteiger partial charge < -0.3 is 15.8 Å². The molecule has 20 heavy (non-hydrogen) atoms. The van der Waals surface area contributed by atoms with Gasteiger partial charge in [-0.3, -0.25) is 4.79 Å². The molecular formula is C16H24N2O2. The highest BCUT2D eigenvalue weighted by Gasteiger charge is 2.25. The zero-order valence-corrected chi connectivity index (χ0v) is 12.1. The van der Waals surface area contributed by atoms with Crippen molar-refractivity contribution in [2.45, 2.75) is 38.1 Å². The summed E-state index contributed by atoms with van der Waals surface area (Å²) in [4.78, 5) is 12.1. The molecule has 1 fully saturated rings. The van der Waals surface area contributed by atoms with E-state index in [1.807, 2.05) is 24.3 Å². The molecule has 4 nitrogen and oxygen atoms in total. The Morgan fingerprint density at radius 3 is 2.55 bits per heavy atom. The zero-order chi connectivity index (χ0) is 14.4. The predicted octanol–water partition coefficient (Wildman–Crippen LogP) is 1.87. The quantitative estimate of drug-likeness (QED) is 0.833. The van der Waals surface area contributed by atoms with Crippen LogP contribution in [0.4, 0.5) is 0 Å². The van der Waals surface area contributed by atoms with Gasteiger partial charge in [0.2, 0.25) is 5.91 Å². The van der Waals surface area contributed by atoms with E-state index in [1.165, 1.54) is 25.7 Å². The molecule has 0 radical (unpaired) electrons. The molecule has 0 saturated heterocycles. The highest BCUT2D eigenvalue weighted by molar-refractivity contribution is 5.79. The summed E-state index contributed by atoms with van der Waals surface area (Å²) in [6.07, 6.45) is 5.29. The third kappa shape index (κ3) is 3.97. The van der Waals surface area contributed by atoms with Crippen LogP contribution in [0.3, 0.4) is 0 Å². The number of carbonyl (C=O) groups is 1. The van der Waals surface area contributed by atoms with Crippen LogP contribution in [0.1, 0.15) is 31.2 Å². The smallest absolute Gasteiger partial charge is 0.224 e. The Labute approximate surface area is 120 Å². The number of rotatable bonds is 6. The van der Waals surface area contributed by atoms with E-state index in [2.05, 4.69) is 5.32 Å². The average Bonchev–Trinajstić information content (AvgIpc) is 2.99. The van der Waals surface area contributed by atoms with Gasteiger partial charge >= 0.3 is 0 Å². The third-order valence-corrected chi connectivity index (χ3v) is 4.09. The Kier molecular flexibility index (Phi) is 5.41. The first kappa shape index (κ1) is 14.9. The molecule has 1 aliphatic carbocycles. The lowest BCUT2D eigenvalue weighted by atomic mass is 9.98. The van der Waals surface area contributed by atoms with Gasteiger partial charge in [-0.1, -0.05) is 25.0 Å². The molecule has 1 aromatic carbocycles. The van der Waals surface area contributed by atoms with Crippen LogP contribution in [-0.4, -0.2) is 25.6 Å². The fourth-order valence-corrected chi connectivity index (χ4v) is 2.92. The van der Waals surface area contributed by atoms with Gasteiger partial charge in [-0.25, -0.2) is 0 Å². The molecule has 1 unspecified atom stereocenters. The van der Waals surface area contributed by atoms with Gasteiger partial charge in [-0.15, -0.1) is 0 Å². The Bertz CT molecular complexity index is 425. The van der Waals surface area contributed by atoms with Gasteiger partial charge in [0.15, 0.2) is 0 Å². The van der Waals surface area contributed by atoms with Crippen molar-refractivity contribution in [3.05, 3.63) is 29.8 Å². The van der Waals surface area contributed by atoms with Gasteiger partial charge in [-0.05, 0) is 36.5 Å². The maximum Gasteiger partial charge on any atom is 0.224 e. The molecule has 1 atom stereocenters. The van der Waals surface area contributed by atoms with E-state index in [0.717, 1.165) is 11.3 Å². The largest absolute Gasteiger partial charge is 0.497 e. The van der Waals surface area contributed by atoms with Crippen LogP contribution in [0.25, 0.3) is 0 Å². The highest BCUT2D eigenvalue weighted by Crippen LogP contribution is 2.27. The average molecular weight is 276 g/mol. The van der Waals surface area contributed by atoms with Crippen molar-refractivity contribution < 1.29 is 9.53 Å². The van der Waals surface area contributed by atoms with Crippen molar-refractivity contribution in [3.8, 4) is 5.75 Å². The van der Waals surface area contributed by atoms with Crippen molar-refractivity contribution in [2.75, 3.05) is 13.7 Å². The molecule has 1 aromatic rings. The summed E-state index contributed by atoms with van der Waals surface area (Å²) in [5.74, 6) is 1.41. The van der Waals surface area contributed by atoms with Crippen LogP contribution in [0.15, 0.2) is 24.3 Å². The summed E-state index contributed by atoms with van der Waals surface area (Å²) in [5, 5.41) is 3.09. The van der Waals surface area contributed by atoms with Crippen molar-refractivity contribution >= 4 is 5.91 Å². The number of hydrogen-bond donors (Lipinski definition) is 2. The first-order valence-corrected chi connectivity index (χ1v) is 7.35. The van der Waals surface area contributed by atoms with Crippen LogP contribution in [0, 0.1) is 5.92 Å². The van der Waals surface area contributed by atoms with Gasteiger partial charge in [-0.2, -0.15) is 0 Å². The molecule has 0 spiro atoms. The Balaban J connectivity index is 1.86. The Morgan fingerprint density at radius 2 is 2.00 bits per heavy atom. The fourth-order valence-electron chi connectivity index (χ4n) is 2.92. The lowest BCUT2D eigenvalue weighted by Crippen LogP contribution is -2.45. The topological polar surface area (TPSA) is 64.3 Å². The van der Waals surface area contributed by atoms with Crippen molar-refractivity contribution in [1.29, 1.82) is 0 Å². The lowest BCUT2D eigenvalue weighted by Gasteiger charge is -2.23. The minimum Gasteiger partial charge on any atom is -0.497 e. The molecule has 1 aliphatic rings. The highest BCUT2D eigenvalue weighted by atomic mass is 16.5. The third-order valence-electron chi connectivity index (χ3n) is 4.09. The monoisotopic (exact) mass is 276 g/mol. The van der Waals surface area contributed by atoms with E-state index in [1.54, 1.807) is 7.11 Å². The summed E-state index contributed by atoms with van der Waals surface area (Å²) in [7, 11) is 1.63. The van der Waals surface area contributed by atoms with Crippen molar-refractivity contribution in [2.24, 2.45) is 11.7 Å². The van der Waals surface area contributed by atoms with E-state index in [9.17, 15) is 4.79 Å². The number of benzene rings is 1. The second kappa shape index (κ2) is 7.29.